The molecule has 1 N–H and O–H groups in total. The lowest BCUT2D eigenvalue weighted by Crippen LogP contribution is -2.49. The Kier molecular flexibility index (Phi) is 7.59. The van der Waals surface area contributed by atoms with Crippen LogP contribution in [0.2, 0.25) is 0 Å². The molecule has 1 aromatic heterocycles. The van der Waals surface area contributed by atoms with E-state index in [0.717, 1.165) is 17.8 Å². The highest BCUT2D eigenvalue weighted by Crippen LogP contribution is 2.22. The van der Waals surface area contributed by atoms with Gasteiger partial charge in [0.05, 0.1) is 24.0 Å². The standard InChI is InChI=1S/C18H24N2O4S2/c1-3-17(20(26(2,22)23)15-8-5-4-6-9-15)18(21)19-11-13-25-14-16-10-7-12-24-16/h4-10,12,17H,3,11,13-14H2,1-2H3,(H,19,21)/t17-/m0/s1. The summed E-state index contributed by atoms with van der Waals surface area (Å²) in [6, 6.07) is 11.7. The summed E-state index contributed by atoms with van der Waals surface area (Å²) in [5.41, 5.74) is 0.490. The number of nitrogens with one attached hydrogen (secondary N) is 1. The van der Waals surface area contributed by atoms with Crippen LogP contribution in [-0.2, 0) is 20.6 Å². The molecule has 2 aromatic rings. The fraction of sp³-hybridized carbons (Fsp3) is 0.389. The van der Waals surface area contributed by atoms with Crippen LogP contribution in [0.3, 0.4) is 0 Å². The quantitative estimate of drug-likeness (QED) is 0.625. The van der Waals surface area contributed by atoms with Crippen LogP contribution in [0.4, 0.5) is 5.69 Å². The van der Waals surface area contributed by atoms with E-state index < -0.39 is 16.1 Å². The summed E-state index contributed by atoms with van der Waals surface area (Å²) in [4.78, 5) is 12.6. The lowest BCUT2D eigenvalue weighted by Gasteiger charge is -2.30. The summed E-state index contributed by atoms with van der Waals surface area (Å²) < 4.78 is 31.0. The number of rotatable bonds is 10. The van der Waals surface area contributed by atoms with Crippen molar-refractivity contribution in [3.05, 3.63) is 54.5 Å². The van der Waals surface area contributed by atoms with Crippen LogP contribution in [0.1, 0.15) is 19.1 Å². The number of anilines is 1. The van der Waals surface area contributed by atoms with E-state index in [0.29, 0.717) is 24.4 Å². The van der Waals surface area contributed by atoms with Gasteiger partial charge >= 0.3 is 0 Å². The average molecular weight is 397 g/mol. The molecule has 0 aliphatic rings. The van der Waals surface area contributed by atoms with Gasteiger partial charge in [-0.1, -0.05) is 25.1 Å². The molecule has 0 unspecified atom stereocenters. The van der Waals surface area contributed by atoms with Gasteiger partial charge in [0.15, 0.2) is 0 Å². The summed E-state index contributed by atoms with van der Waals surface area (Å²) in [7, 11) is -3.58. The van der Waals surface area contributed by atoms with Crippen molar-refractivity contribution in [3.63, 3.8) is 0 Å². The number of para-hydroxylation sites is 1. The third kappa shape index (κ3) is 5.81. The van der Waals surface area contributed by atoms with Crippen LogP contribution in [0.25, 0.3) is 0 Å². The van der Waals surface area contributed by atoms with Crippen molar-refractivity contribution < 1.29 is 17.6 Å². The number of hydrogen-bond acceptors (Lipinski definition) is 5. The maximum absolute atomic E-state index is 12.6. The fourth-order valence-corrected chi connectivity index (χ4v) is 4.53. The van der Waals surface area contributed by atoms with Gasteiger partial charge in [-0.2, -0.15) is 11.8 Å². The Morgan fingerprint density at radius 1 is 1.23 bits per heavy atom. The third-order valence-corrected chi connectivity index (χ3v) is 5.87. The van der Waals surface area contributed by atoms with Gasteiger partial charge in [-0.25, -0.2) is 8.42 Å². The Labute approximate surface area is 159 Å². The second kappa shape index (κ2) is 9.68. The number of thioether (sulfide) groups is 1. The van der Waals surface area contributed by atoms with E-state index in [-0.39, 0.29) is 5.91 Å². The molecule has 26 heavy (non-hydrogen) atoms. The van der Waals surface area contributed by atoms with Gasteiger partial charge in [-0.3, -0.25) is 9.10 Å². The van der Waals surface area contributed by atoms with Gasteiger partial charge in [0, 0.05) is 12.3 Å². The maximum Gasteiger partial charge on any atom is 0.243 e. The number of hydrogen-bond donors (Lipinski definition) is 1. The lowest BCUT2D eigenvalue weighted by atomic mass is 10.2. The molecule has 8 heteroatoms. The van der Waals surface area contributed by atoms with Crippen molar-refractivity contribution >= 4 is 33.4 Å². The summed E-state index contributed by atoms with van der Waals surface area (Å²) in [6.07, 6.45) is 3.13. The van der Waals surface area contributed by atoms with Crippen LogP contribution in [0.15, 0.2) is 53.1 Å². The molecular weight excluding hydrogens is 372 g/mol. The minimum Gasteiger partial charge on any atom is -0.468 e. The molecule has 1 heterocycles. The van der Waals surface area contributed by atoms with Crippen LogP contribution in [0.5, 0.6) is 0 Å². The number of carbonyl (C=O) groups excluding carboxylic acids is 1. The number of furan rings is 1. The Morgan fingerprint density at radius 3 is 2.54 bits per heavy atom. The van der Waals surface area contributed by atoms with Crippen molar-refractivity contribution in [1.29, 1.82) is 0 Å². The van der Waals surface area contributed by atoms with E-state index in [4.69, 9.17) is 4.42 Å². The highest BCUT2D eigenvalue weighted by Gasteiger charge is 2.31. The van der Waals surface area contributed by atoms with Gasteiger partial charge in [0.1, 0.15) is 11.8 Å². The topological polar surface area (TPSA) is 79.6 Å². The summed E-state index contributed by atoms with van der Waals surface area (Å²) in [5, 5.41) is 2.84. The Hall–Kier alpha value is -1.93. The molecule has 1 atom stereocenters. The minimum absolute atomic E-state index is 0.291. The predicted molar refractivity (Wildman–Crippen MR) is 106 cm³/mol. The van der Waals surface area contributed by atoms with Crippen molar-refractivity contribution in [2.45, 2.75) is 25.1 Å². The van der Waals surface area contributed by atoms with Crippen LogP contribution in [-0.4, -0.2) is 38.9 Å². The van der Waals surface area contributed by atoms with E-state index in [1.807, 2.05) is 12.1 Å². The van der Waals surface area contributed by atoms with Crippen molar-refractivity contribution in [3.8, 4) is 0 Å². The van der Waals surface area contributed by atoms with Gasteiger partial charge in [-0.05, 0) is 30.7 Å². The molecule has 0 saturated carbocycles. The molecule has 142 valence electrons. The third-order valence-electron chi connectivity index (χ3n) is 3.71. The van der Waals surface area contributed by atoms with Crippen molar-refractivity contribution in [2.75, 3.05) is 22.9 Å². The van der Waals surface area contributed by atoms with Gasteiger partial charge in [-0.15, -0.1) is 0 Å². The van der Waals surface area contributed by atoms with E-state index >= 15 is 0 Å². The number of sulfonamides is 1. The normalized spacial score (nSPS) is 12.5. The zero-order valence-electron chi connectivity index (χ0n) is 14.9. The van der Waals surface area contributed by atoms with Crippen molar-refractivity contribution in [1.82, 2.24) is 5.32 Å². The van der Waals surface area contributed by atoms with Gasteiger partial charge in [0.25, 0.3) is 0 Å². The van der Waals surface area contributed by atoms with Gasteiger partial charge in [0.2, 0.25) is 15.9 Å². The molecule has 0 spiro atoms. The SMILES string of the molecule is CC[C@@H](C(=O)NCCSCc1ccco1)N(c1ccccc1)S(C)(=O)=O. The second-order valence-corrected chi connectivity index (χ2v) is 8.71. The highest BCUT2D eigenvalue weighted by molar-refractivity contribution is 7.98. The number of carbonyl (C=O) groups is 1. The molecule has 6 nitrogen and oxygen atoms in total. The average Bonchev–Trinajstić information content (AvgIpc) is 3.12. The van der Waals surface area contributed by atoms with E-state index in [1.54, 1.807) is 55.3 Å². The number of benzene rings is 1. The van der Waals surface area contributed by atoms with E-state index in [2.05, 4.69) is 5.32 Å². The summed E-state index contributed by atoms with van der Waals surface area (Å²) >= 11 is 1.64. The molecule has 0 bridgehead atoms. The molecule has 1 aromatic carbocycles. The molecule has 1 amide bonds. The first-order valence-electron chi connectivity index (χ1n) is 8.35. The minimum atomic E-state index is -3.58. The lowest BCUT2D eigenvalue weighted by molar-refractivity contribution is -0.122. The number of nitrogens with zero attached hydrogens (tertiary/aromatic N) is 1. The molecule has 0 saturated heterocycles. The van der Waals surface area contributed by atoms with Crippen LogP contribution >= 0.6 is 11.8 Å². The molecule has 0 aliphatic carbocycles. The molecule has 0 fully saturated rings. The number of amides is 1. The summed E-state index contributed by atoms with van der Waals surface area (Å²) in [6.45, 7) is 2.27. The Morgan fingerprint density at radius 2 is 1.96 bits per heavy atom. The largest absolute Gasteiger partial charge is 0.468 e. The van der Waals surface area contributed by atoms with Gasteiger partial charge < -0.3 is 9.73 Å². The zero-order chi connectivity index (χ0) is 19.0. The smallest absolute Gasteiger partial charge is 0.243 e. The maximum atomic E-state index is 12.6. The second-order valence-electron chi connectivity index (χ2n) is 5.74. The Balaban J connectivity index is 1.94. The molecular formula is C18H24N2O4S2. The monoisotopic (exact) mass is 396 g/mol. The fourth-order valence-electron chi connectivity index (χ4n) is 2.57. The predicted octanol–water partition coefficient (Wildman–Crippen LogP) is 2.87. The van der Waals surface area contributed by atoms with E-state index in [9.17, 15) is 13.2 Å². The van der Waals surface area contributed by atoms with E-state index in [1.165, 1.54) is 4.31 Å². The zero-order valence-corrected chi connectivity index (χ0v) is 16.6. The summed E-state index contributed by atoms with van der Waals surface area (Å²) in [5.74, 6) is 2.05. The van der Waals surface area contributed by atoms with Crippen LogP contribution < -0.4 is 9.62 Å². The molecule has 0 radical (unpaired) electrons. The first kappa shape index (κ1) is 20.4. The first-order chi connectivity index (χ1) is 12.4. The molecule has 0 aliphatic heterocycles. The van der Waals surface area contributed by atoms with Crippen molar-refractivity contribution in [2.24, 2.45) is 0 Å². The highest BCUT2D eigenvalue weighted by atomic mass is 32.2. The van der Waals surface area contributed by atoms with Crippen LogP contribution in [0, 0.1) is 0 Å². The first-order valence-corrected chi connectivity index (χ1v) is 11.4. The molecule has 2 rings (SSSR count). The Bertz CT molecular complexity index is 777.